The molecular formula is C11H13BrO2S. The Morgan fingerprint density at radius 2 is 2.13 bits per heavy atom. The summed E-state index contributed by atoms with van der Waals surface area (Å²) in [7, 11) is 0. The lowest BCUT2D eigenvalue weighted by molar-refractivity contribution is -0.140. The normalized spacial score (nSPS) is 27.7. The summed E-state index contributed by atoms with van der Waals surface area (Å²) < 4.78 is 0.943. The highest BCUT2D eigenvalue weighted by Gasteiger charge is 2.69. The van der Waals surface area contributed by atoms with Gasteiger partial charge in [-0.05, 0) is 40.8 Å². The first-order valence-corrected chi connectivity index (χ1v) is 6.42. The number of hydrogen-bond acceptors (Lipinski definition) is 2. The van der Waals surface area contributed by atoms with Crippen LogP contribution in [-0.2, 0) is 10.2 Å². The van der Waals surface area contributed by atoms with Gasteiger partial charge in [-0.3, -0.25) is 4.79 Å². The first kappa shape index (κ1) is 11.1. The number of aryl methyl sites for hydroxylation is 1. The van der Waals surface area contributed by atoms with E-state index in [0.717, 1.165) is 20.6 Å². The van der Waals surface area contributed by atoms with Gasteiger partial charge in [-0.25, -0.2) is 0 Å². The fourth-order valence-corrected chi connectivity index (χ4v) is 4.58. The van der Waals surface area contributed by atoms with Crippen LogP contribution >= 0.6 is 27.3 Å². The van der Waals surface area contributed by atoms with Gasteiger partial charge >= 0.3 is 5.97 Å². The lowest BCUT2D eigenvalue weighted by atomic mass is 9.94. The molecule has 0 amide bonds. The Hall–Kier alpha value is -0.350. The third-order valence-electron chi connectivity index (χ3n) is 3.30. The smallest absolute Gasteiger partial charge is 0.315 e. The molecule has 0 aromatic carbocycles. The molecule has 1 saturated carbocycles. The molecule has 15 heavy (non-hydrogen) atoms. The third kappa shape index (κ3) is 1.38. The lowest BCUT2D eigenvalue weighted by Gasteiger charge is -2.14. The Kier molecular flexibility index (Phi) is 2.29. The highest BCUT2D eigenvalue weighted by atomic mass is 79.9. The van der Waals surface area contributed by atoms with Gasteiger partial charge in [0.15, 0.2) is 0 Å². The van der Waals surface area contributed by atoms with Gasteiger partial charge in [0.1, 0.15) is 5.41 Å². The molecule has 1 aromatic heterocycles. The second kappa shape index (κ2) is 3.08. The molecule has 4 heteroatoms. The van der Waals surface area contributed by atoms with Crippen molar-refractivity contribution in [3.63, 3.8) is 0 Å². The van der Waals surface area contributed by atoms with Gasteiger partial charge in [0.05, 0.1) is 0 Å². The molecule has 82 valence electrons. The summed E-state index contributed by atoms with van der Waals surface area (Å²) in [5.74, 6) is -0.699. The molecule has 1 aromatic rings. The molecule has 1 atom stereocenters. The summed E-state index contributed by atoms with van der Waals surface area (Å²) in [5, 5.41) is 9.41. The van der Waals surface area contributed by atoms with Crippen molar-refractivity contribution >= 4 is 33.2 Å². The second-order valence-electron chi connectivity index (χ2n) is 4.81. The van der Waals surface area contributed by atoms with Gasteiger partial charge in [-0.15, -0.1) is 11.3 Å². The van der Waals surface area contributed by atoms with Crippen LogP contribution < -0.4 is 0 Å². The SMILES string of the molecule is Cc1cc(Br)c(C2(C(=O)O)CC2(C)C)s1. The molecule has 1 aliphatic carbocycles. The minimum absolute atomic E-state index is 0.126. The molecule has 1 N–H and O–H groups in total. The van der Waals surface area contributed by atoms with E-state index in [-0.39, 0.29) is 5.41 Å². The Bertz CT molecular complexity index is 436. The van der Waals surface area contributed by atoms with Crippen LogP contribution in [0.4, 0.5) is 0 Å². The summed E-state index contributed by atoms with van der Waals surface area (Å²) in [6.45, 7) is 6.04. The van der Waals surface area contributed by atoms with E-state index in [0.29, 0.717) is 0 Å². The number of aliphatic carboxylic acids is 1. The van der Waals surface area contributed by atoms with Crippen LogP contribution in [0.2, 0.25) is 0 Å². The van der Waals surface area contributed by atoms with Crippen LogP contribution in [0.5, 0.6) is 0 Å². The van der Waals surface area contributed by atoms with E-state index < -0.39 is 11.4 Å². The summed E-state index contributed by atoms with van der Waals surface area (Å²) in [5.41, 5.74) is -0.788. The molecule has 0 aliphatic heterocycles. The fraction of sp³-hybridized carbons (Fsp3) is 0.545. The third-order valence-corrected chi connectivity index (χ3v) is 5.40. The van der Waals surface area contributed by atoms with Crippen molar-refractivity contribution in [1.82, 2.24) is 0 Å². The molecule has 1 heterocycles. The molecule has 0 radical (unpaired) electrons. The van der Waals surface area contributed by atoms with E-state index in [1.165, 1.54) is 0 Å². The summed E-state index contributed by atoms with van der Waals surface area (Å²) in [4.78, 5) is 13.6. The predicted octanol–water partition coefficient (Wildman–Crippen LogP) is 3.57. The summed E-state index contributed by atoms with van der Waals surface area (Å²) >= 11 is 5.05. The number of carbonyl (C=O) groups is 1. The lowest BCUT2D eigenvalue weighted by Crippen LogP contribution is -2.24. The molecule has 1 unspecified atom stereocenters. The van der Waals surface area contributed by atoms with E-state index >= 15 is 0 Å². The second-order valence-corrected chi connectivity index (χ2v) is 6.92. The van der Waals surface area contributed by atoms with E-state index in [4.69, 9.17) is 0 Å². The minimum Gasteiger partial charge on any atom is -0.481 e. The average molecular weight is 289 g/mol. The first-order chi connectivity index (χ1) is 6.81. The van der Waals surface area contributed by atoms with Crippen LogP contribution in [0.3, 0.4) is 0 Å². The number of thiophene rings is 1. The van der Waals surface area contributed by atoms with Crippen molar-refractivity contribution in [2.75, 3.05) is 0 Å². The van der Waals surface area contributed by atoms with E-state index in [9.17, 15) is 9.90 Å². The van der Waals surface area contributed by atoms with Crippen molar-refractivity contribution < 1.29 is 9.90 Å². The van der Waals surface area contributed by atoms with Crippen LogP contribution in [0.1, 0.15) is 30.0 Å². The summed E-state index contributed by atoms with van der Waals surface area (Å²) in [6, 6.07) is 2.00. The molecular weight excluding hydrogens is 276 g/mol. The maximum atomic E-state index is 11.4. The molecule has 0 spiro atoms. The Morgan fingerprint density at radius 1 is 1.60 bits per heavy atom. The van der Waals surface area contributed by atoms with Crippen molar-refractivity contribution in [1.29, 1.82) is 0 Å². The maximum absolute atomic E-state index is 11.4. The Labute approximate surface area is 101 Å². The van der Waals surface area contributed by atoms with Gasteiger partial charge in [0.25, 0.3) is 0 Å². The van der Waals surface area contributed by atoms with Crippen molar-refractivity contribution in [3.05, 3.63) is 20.3 Å². The monoisotopic (exact) mass is 288 g/mol. The molecule has 2 nitrogen and oxygen atoms in total. The van der Waals surface area contributed by atoms with E-state index in [1.54, 1.807) is 11.3 Å². The van der Waals surface area contributed by atoms with Crippen LogP contribution in [0, 0.1) is 12.3 Å². The van der Waals surface area contributed by atoms with Gasteiger partial charge in [0, 0.05) is 14.2 Å². The van der Waals surface area contributed by atoms with Crippen molar-refractivity contribution in [2.24, 2.45) is 5.41 Å². The van der Waals surface area contributed by atoms with E-state index in [2.05, 4.69) is 15.9 Å². The highest BCUT2D eigenvalue weighted by molar-refractivity contribution is 9.10. The zero-order valence-corrected chi connectivity index (χ0v) is 11.3. The first-order valence-electron chi connectivity index (χ1n) is 4.81. The molecule has 1 fully saturated rings. The van der Waals surface area contributed by atoms with Crippen LogP contribution in [-0.4, -0.2) is 11.1 Å². The van der Waals surface area contributed by atoms with Crippen molar-refractivity contribution in [3.8, 4) is 0 Å². The number of carboxylic acids is 1. The minimum atomic E-state index is -0.699. The van der Waals surface area contributed by atoms with Crippen LogP contribution in [0.15, 0.2) is 10.5 Å². The van der Waals surface area contributed by atoms with Crippen LogP contribution in [0.25, 0.3) is 0 Å². The van der Waals surface area contributed by atoms with Gasteiger partial charge in [0.2, 0.25) is 0 Å². The number of hydrogen-bond donors (Lipinski definition) is 1. The quantitative estimate of drug-likeness (QED) is 0.903. The molecule has 2 rings (SSSR count). The van der Waals surface area contributed by atoms with Gasteiger partial charge in [-0.2, -0.15) is 0 Å². The van der Waals surface area contributed by atoms with Gasteiger partial charge < -0.3 is 5.11 Å². The molecule has 1 aliphatic rings. The predicted molar refractivity (Wildman–Crippen MR) is 64.5 cm³/mol. The maximum Gasteiger partial charge on any atom is 0.315 e. The topological polar surface area (TPSA) is 37.3 Å². The standard InChI is InChI=1S/C11H13BrO2S/c1-6-4-7(12)8(15-6)11(9(13)14)5-10(11,2)3/h4H,5H2,1-3H3,(H,13,14). The Balaban J connectivity index is 2.54. The zero-order chi connectivity index (χ0) is 11.4. The number of carboxylic acid groups (broad SMARTS) is 1. The number of rotatable bonds is 2. The van der Waals surface area contributed by atoms with Crippen molar-refractivity contribution in [2.45, 2.75) is 32.6 Å². The average Bonchev–Trinajstić information content (AvgIpc) is 2.50. The Morgan fingerprint density at radius 3 is 2.40 bits per heavy atom. The fourth-order valence-electron chi connectivity index (χ4n) is 2.24. The largest absolute Gasteiger partial charge is 0.481 e. The molecule has 0 bridgehead atoms. The van der Waals surface area contributed by atoms with E-state index in [1.807, 2.05) is 26.8 Å². The highest BCUT2D eigenvalue weighted by Crippen LogP contribution is 2.66. The zero-order valence-electron chi connectivity index (χ0n) is 8.93. The summed E-state index contributed by atoms with van der Waals surface area (Å²) in [6.07, 6.45) is 0.730. The van der Waals surface area contributed by atoms with Gasteiger partial charge in [-0.1, -0.05) is 13.8 Å². The molecule has 0 saturated heterocycles. The number of halogens is 1.